The Morgan fingerprint density at radius 2 is 1.93 bits per heavy atom. The fraction of sp³-hybridized carbons (Fsp3) is 0.211. The molecule has 8 heteroatoms. The summed E-state index contributed by atoms with van der Waals surface area (Å²) in [5, 5.41) is 15.1. The van der Waals surface area contributed by atoms with Gasteiger partial charge in [-0.2, -0.15) is 0 Å². The molecule has 0 aliphatic carbocycles. The van der Waals surface area contributed by atoms with Crippen LogP contribution in [0.4, 0.5) is 16.5 Å². The number of hydrogen-bond acceptors (Lipinski definition) is 7. The Morgan fingerprint density at radius 1 is 1.15 bits per heavy atom. The number of anilines is 3. The highest BCUT2D eigenvalue weighted by atomic mass is 32.2. The Morgan fingerprint density at radius 3 is 2.67 bits per heavy atom. The summed E-state index contributed by atoms with van der Waals surface area (Å²) in [6.45, 7) is 4.58. The molecule has 0 saturated heterocycles. The highest BCUT2D eigenvalue weighted by molar-refractivity contribution is 8.01. The van der Waals surface area contributed by atoms with Crippen molar-refractivity contribution in [2.45, 2.75) is 18.2 Å². The van der Waals surface area contributed by atoms with Gasteiger partial charge in [-0.05, 0) is 49.7 Å². The first-order valence-electron chi connectivity index (χ1n) is 8.45. The maximum atomic E-state index is 12.1. The van der Waals surface area contributed by atoms with Gasteiger partial charge in [-0.3, -0.25) is 4.79 Å². The number of carbonyl (C=O) groups excluding carboxylic acids is 1. The van der Waals surface area contributed by atoms with E-state index in [-0.39, 0.29) is 11.7 Å². The largest absolute Gasteiger partial charge is 0.494 e. The standard InChI is InChI=1S/C19H20N4O2S2/c1-3-25-15-10-8-14(9-11-15)20-17(24)12-26-19-23-22-18(27-19)21-16-7-5-4-6-13(16)2/h4-11H,3,12H2,1-2H3,(H,20,24)(H,21,22). The maximum Gasteiger partial charge on any atom is 0.234 e. The number of para-hydroxylation sites is 1. The lowest BCUT2D eigenvalue weighted by molar-refractivity contribution is -0.113. The van der Waals surface area contributed by atoms with Crippen LogP contribution in [0.1, 0.15) is 12.5 Å². The van der Waals surface area contributed by atoms with Crippen LogP contribution in [0, 0.1) is 6.92 Å². The molecule has 0 spiro atoms. The van der Waals surface area contributed by atoms with Gasteiger partial charge in [0, 0.05) is 11.4 Å². The number of aryl methyl sites for hydroxylation is 1. The summed E-state index contributed by atoms with van der Waals surface area (Å²) in [7, 11) is 0. The Labute approximate surface area is 166 Å². The summed E-state index contributed by atoms with van der Waals surface area (Å²) < 4.78 is 6.13. The molecular weight excluding hydrogens is 380 g/mol. The van der Waals surface area contributed by atoms with Crippen LogP contribution in [0.3, 0.4) is 0 Å². The SMILES string of the molecule is CCOc1ccc(NC(=O)CSc2nnc(Nc3ccccc3C)s2)cc1. The van der Waals surface area contributed by atoms with E-state index in [1.54, 1.807) is 0 Å². The molecule has 0 bridgehead atoms. The van der Waals surface area contributed by atoms with Gasteiger partial charge in [0.1, 0.15) is 5.75 Å². The maximum absolute atomic E-state index is 12.1. The van der Waals surface area contributed by atoms with Crippen molar-refractivity contribution in [2.24, 2.45) is 0 Å². The van der Waals surface area contributed by atoms with Gasteiger partial charge in [0.25, 0.3) is 0 Å². The normalized spacial score (nSPS) is 10.4. The summed E-state index contributed by atoms with van der Waals surface area (Å²) in [5.41, 5.74) is 2.87. The van der Waals surface area contributed by atoms with E-state index in [4.69, 9.17) is 4.74 Å². The Kier molecular flexibility index (Phi) is 6.67. The predicted molar refractivity (Wildman–Crippen MR) is 111 cm³/mol. The molecule has 1 heterocycles. The van der Waals surface area contributed by atoms with Crippen molar-refractivity contribution >= 4 is 45.5 Å². The van der Waals surface area contributed by atoms with Gasteiger partial charge in [-0.1, -0.05) is 41.3 Å². The zero-order valence-electron chi connectivity index (χ0n) is 15.1. The van der Waals surface area contributed by atoms with Crippen LogP contribution in [-0.2, 0) is 4.79 Å². The van der Waals surface area contributed by atoms with Crippen molar-refractivity contribution in [2.75, 3.05) is 23.0 Å². The molecule has 0 saturated carbocycles. The first-order chi connectivity index (χ1) is 13.1. The minimum atomic E-state index is -0.0900. The van der Waals surface area contributed by atoms with Crippen LogP contribution in [0.25, 0.3) is 0 Å². The minimum absolute atomic E-state index is 0.0900. The van der Waals surface area contributed by atoms with Crippen molar-refractivity contribution in [1.82, 2.24) is 10.2 Å². The zero-order valence-corrected chi connectivity index (χ0v) is 16.7. The van der Waals surface area contributed by atoms with E-state index in [9.17, 15) is 4.79 Å². The summed E-state index contributed by atoms with van der Waals surface area (Å²) in [6, 6.07) is 15.3. The molecule has 0 unspecified atom stereocenters. The Bertz CT molecular complexity index is 897. The highest BCUT2D eigenvalue weighted by Crippen LogP contribution is 2.28. The highest BCUT2D eigenvalue weighted by Gasteiger charge is 2.09. The van der Waals surface area contributed by atoms with Gasteiger partial charge in [0.05, 0.1) is 12.4 Å². The van der Waals surface area contributed by atoms with Gasteiger partial charge < -0.3 is 15.4 Å². The second-order valence-electron chi connectivity index (χ2n) is 5.61. The van der Waals surface area contributed by atoms with Gasteiger partial charge >= 0.3 is 0 Å². The first-order valence-corrected chi connectivity index (χ1v) is 10.3. The molecule has 27 heavy (non-hydrogen) atoms. The number of amides is 1. The number of nitrogens with one attached hydrogen (secondary N) is 2. The summed E-state index contributed by atoms with van der Waals surface area (Å²) in [5.74, 6) is 0.965. The van der Waals surface area contributed by atoms with Crippen molar-refractivity contribution in [3.8, 4) is 5.75 Å². The first kappa shape index (κ1) is 19.2. The van der Waals surface area contributed by atoms with Crippen LogP contribution in [0.5, 0.6) is 5.75 Å². The van der Waals surface area contributed by atoms with Gasteiger partial charge in [-0.25, -0.2) is 0 Å². The van der Waals surface area contributed by atoms with Crippen LogP contribution < -0.4 is 15.4 Å². The molecule has 140 valence electrons. The lowest BCUT2D eigenvalue weighted by Crippen LogP contribution is -2.13. The van der Waals surface area contributed by atoms with Crippen LogP contribution in [0.15, 0.2) is 52.9 Å². The number of carbonyl (C=O) groups is 1. The lowest BCUT2D eigenvalue weighted by atomic mass is 10.2. The second-order valence-corrected chi connectivity index (χ2v) is 7.81. The number of ether oxygens (including phenoxy) is 1. The number of nitrogens with zero attached hydrogens (tertiary/aromatic N) is 2. The van der Waals surface area contributed by atoms with E-state index in [1.807, 2.05) is 62.4 Å². The summed E-state index contributed by atoms with van der Waals surface area (Å²) in [4.78, 5) is 12.1. The van der Waals surface area contributed by atoms with E-state index in [0.29, 0.717) is 11.7 Å². The van der Waals surface area contributed by atoms with Crippen molar-refractivity contribution in [1.29, 1.82) is 0 Å². The molecular formula is C19H20N4O2S2. The molecule has 1 amide bonds. The van der Waals surface area contributed by atoms with E-state index < -0.39 is 0 Å². The quantitative estimate of drug-likeness (QED) is 0.533. The number of benzene rings is 2. The van der Waals surface area contributed by atoms with E-state index in [1.165, 1.54) is 23.1 Å². The zero-order chi connectivity index (χ0) is 19.1. The lowest BCUT2D eigenvalue weighted by Gasteiger charge is -2.06. The monoisotopic (exact) mass is 400 g/mol. The average Bonchev–Trinajstić information content (AvgIpc) is 3.11. The molecule has 0 fully saturated rings. The summed E-state index contributed by atoms with van der Waals surface area (Å²) >= 11 is 2.79. The number of aromatic nitrogens is 2. The van der Waals surface area contributed by atoms with Gasteiger partial charge in [0.2, 0.25) is 11.0 Å². The van der Waals surface area contributed by atoms with Gasteiger partial charge in [0.15, 0.2) is 4.34 Å². The molecule has 3 aromatic rings. The molecule has 3 rings (SSSR count). The van der Waals surface area contributed by atoms with E-state index in [2.05, 4.69) is 20.8 Å². The van der Waals surface area contributed by atoms with E-state index in [0.717, 1.165) is 27.0 Å². The van der Waals surface area contributed by atoms with Crippen LogP contribution in [-0.4, -0.2) is 28.5 Å². The third-order valence-electron chi connectivity index (χ3n) is 3.57. The molecule has 0 radical (unpaired) electrons. The van der Waals surface area contributed by atoms with E-state index >= 15 is 0 Å². The molecule has 1 aromatic heterocycles. The van der Waals surface area contributed by atoms with Crippen LogP contribution in [0.2, 0.25) is 0 Å². The minimum Gasteiger partial charge on any atom is -0.494 e. The molecule has 0 atom stereocenters. The van der Waals surface area contributed by atoms with Crippen molar-refractivity contribution < 1.29 is 9.53 Å². The fourth-order valence-electron chi connectivity index (χ4n) is 2.27. The Hall–Kier alpha value is -2.58. The predicted octanol–water partition coefficient (Wildman–Crippen LogP) is 4.72. The number of hydrogen-bond donors (Lipinski definition) is 2. The average molecular weight is 401 g/mol. The second kappa shape index (κ2) is 9.38. The van der Waals surface area contributed by atoms with Crippen molar-refractivity contribution in [3.63, 3.8) is 0 Å². The Balaban J connectivity index is 1.49. The molecule has 0 aliphatic rings. The molecule has 0 aliphatic heterocycles. The van der Waals surface area contributed by atoms with Crippen LogP contribution >= 0.6 is 23.1 Å². The van der Waals surface area contributed by atoms with Crippen molar-refractivity contribution in [3.05, 3.63) is 54.1 Å². The molecule has 2 N–H and O–H groups in total. The molecule has 6 nitrogen and oxygen atoms in total. The fourth-order valence-corrected chi connectivity index (χ4v) is 3.84. The third-order valence-corrected chi connectivity index (χ3v) is 5.54. The smallest absolute Gasteiger partial charge is 0.234 e. The number of thioether (sulfide) groups is 1. The topological polar surface area (TPSA) is 76.1 Å². The third kappa shape index (κ3) is 5.70. The number of rotatable bonds is 8. The summed E-state index contributed by atoms with van der Waals surface area (Å²) in [6.07, 6.45) is 0. The molecule has 2 aromatic carbocycles. The van der Waals surface area contributed by atoms with Gasteiger partial charge in [-0.15, -0.1) is 10.2 Å².